The molecule has 19 heavy (non-hydrogen) atoms. The first kappa shape index (κ1) is 12.3. The summed E-state index contributed by atoms with van der Waals surface area (Å²) in [6.45, 7) is 2.04. The lowest BCUT2D eigenvalue weighted by Crippen LogP contribution is -2.12. The molecule has 2 heterocycles. The number of carbonyl (C=O) groups is 1. The zero-order valence-electron chi connectivity index (χ0n) is 10.2. The van der Waals surface area contributed by atoms with Gasteiger partial charge in [-0.25, -0.2) is 0 Å². The number of hydrogen-bond acceptors (Lipinski definition) is 2. The van der Waals surface area contributed by atoms with Crippen LogP contribution >= 0.6 is 22.9 Å². The van der Waals surface area contributed by atoms with Gasteiger partial charge < -0.3 is 10.3 Å². The van der Waals surface area contributed by atoms with E-state index in [-0.39, 0.29) is 5.91 Å². The molecular formula is C14H11ClN2OS. The van der Waals surface area contributed by atoms with Crippen molar-refractivity contribution in [1.29, 1.82) is 0 Å². The van der Waals surface area contributed by atoms with Crippen LogP contribution in [0.25, 0.3) is 10.2 Å². The van der Waals surface area contributed by atoms with E-state index in [1.54, 1.807) is 23.5 Å². The number of H-pyrrole nitrogens is 1. The van der Waals surface area contributed by atoms with Gasteiger partial charge >= 0.3 is 0 Å². The maximum absolute atomic E-state index is 12.1. The van der Waals surface area contributed by atoms with Crippen LogP contribution in [-0.2, 0) is 0 Å². The van der Waals surface area contributed by atoms with E-state index in [1.807, 2.05) is 25.1 Å². The normalized spacial score (nSPS) is 10.8. The number of aryl methyl sites for hydroxylation is 1. The number of thiophene rings is 1. The van der Waals surface area contributed by atoms with Crippen LogP contribution in [0.4, 0.5) is 5.69 Å². The van der Waals surface area contributed by atoms with Gasteiger partial charge in [-0.3, -0.25) is 4.79 Å². The van der Waals surface area contributed by atoms with Crippen LogP contribution in [0, 0.1) is 6.92 Å². The number of aromatic nitrogens is 1. The molecule has 3 aromatic rings. The van der Waals surface area contributed by atoms with Gasteiger partial charge in [0, 0.05) is 10.3 Å². The Morgan fingerprint density at radius 2 is 2.11 bits per heavy atom. The lowest BCUT2D eigenvalue weighted by molar-refractivity contribution is 0.102. The van der Waals surface area contributed by atoms with Gasteiger partial charge in [0.15, 0.2) is 0 Å². The Morgan fingerprint density at radius 1 is 1.32 bits per heavy atom. The van der Waals surface area contributed by atoms with Gasteiger partial charge in [-0.05, 0) is 31.2 Å². The van der Waals surface area contributed by atoms with Crippen molar-refractivity contribution in [2.75, 3.05) is 5.32 Å². The molecule has 2 N–H and O–H groups in total. The largest absolute Gasteiger partial charge is 0.342 e. The van der Waals surface area contributed by atoms with Gasteiger partial charge in [0.25, 0.3) is 5.91 Å². The lowest BCUT2D eigenvalue weighted by Gasteiger charge is -2.05. The van der Waals surface area contributed by atoms with Crippen LogP contribution in [0.15, 0.2) is 36.4 Å². The molecule has 2 aromatic heterocycles. The summed E-state index contributed by atoms with van der Waals surface area (Å²) in [4.78, 5) is 17.5. The molecule has 0 atom stereocenters. The average Bonchev–Trinajstić information content (AvgIpc) is 2.89. The maximum atomic E-state index is 12.1. The van der Waals surface area contributed by atoms with Gasteiger partial charge in [0.05, 0.1) is 10.7 Å². The fourth-order valence-electron chi connectivity index (χ4n) is 1.93. The van der Waals surface area contributed by atoms with E-state index in [4.69, 9.17) is 11.6 Å². The van der Waals surface area contributed by atoms with E-state index in [1.165, 1.54) is 4.88 Å². The van der Waals surface area contributed by atoms with Crippen LogP contribution in [0.1, 0.15) is 15.4 Å². The number of hydrogen-bond donors (Lipinski definition) is 2. The highest BCUT2D eigenvalue weighted by molar-refractivity contribution is 7.18. The van der Waals surface area contributed by atoms with Crippen LogP contribution in [0.2, 0.25) is 5.02 Å². The monoisotopic (exact) mass is 290 g/mol. The van der Waals surface area contributed by atoms with Gasteiger partial charge in [0.1, 0.15) is 10.5 Å². The van der Waals surface area contributed by atoms with Gasteiger partial charge in [-0.1, -0.05) is 23.7 Å². The minimum absolute atomic E-state index is 0.186. The van der Waals surface area contributed by atoms with Crippen LogP contribution in [0.5, 0.6) is 0 Å². The van der Waals surface area contributed by atoms with E-state index in [2.05, 4.69) is 16.4 Å². The lowest BCUT2D eigenvalue weighted by atomic mass is 10.3. The SMILES string of the molecule is Cc1cc2cc(C(=O)Nc3ccccc3Cl)[nH]c2s1. The summed E-state index contributed by atoms with van der Waals surface area (Å²) in [7, 11) is 0. The number of nitrogens with one attached hydrogen (secondary N) is 2. The first-order chi connectivity index (χ1) is 9.13. The van der Waals surface area contributed by atoms with Crippen molar-refractivity contribution in [3.05, 3.63) is 52.0 Å². The third-order valence-electron chi connectivity index (χ3n) is 2.80. The molecule has 5 heteroatoms. The van der Waals surface area contributed by atoms with Crippen molar-refractivity contribution >= 4 is 44.7 Å². The highest BCUT2D eigenvalue weighted by Crippen LogP contribution is 2.26. The molecule has 0 saturated heterocycles. The highest BCUT2D eigenvalue weighted by Gasteiger charge is 2.12. The molecule has 0 bridgehead atoms. The summed E-state index contributed by atoms with van der Waals surface area (Å²) < 4.78 is 0. The molecule has 1 aromatic carbocycles. The molecule has 0 unspecified atom stereocenters. The first-order valence-electron chi connectivity index (χ1n) is 5.78. The zero-order valence-corrected chi connectivity index (χ0v) is 11.7. The summed E-state index contributed by atoms with van der Waals surface area (Å²) in [5.41, 5.74) is 1.16. The predicted octanol–water partition coefficient (Wildman–Crippen LogP) is 4.44. The number of rotatable bonds is 2. The van der Waals surface area contributed by atoms with Crippen molar-refractivity contribution in [3.8, 4) is 0 Å². The molecular weight excluding hydrogens is 280 g/mol. The van der Waals surface area contributed by atoms with Gasteiger partial charge in [-0.15, -0.1) is 11.3 Å². The fraction of sp³-hybridized carbons (Fsp3) is 0.0714. The standard InChI is InChI=1S/C14H11ClN2OS/c1-8-6-9-7-12(17-14(9)19-8)13(18)16-11-5-3-2-4-10(11)15/h2-7,17H,1H3,(H,16,18). The van der Waals surface area contributed by atoms with Crippen molar-refractivity contribution in [3.63, 3.8) is 0 Å². The zero-order chi connectivity index (χ0) is 13.4. The molecule has 0 saturated carbocycles. The van der Waals surface area contributed by atoms with E-state index in [0.29, 0.717) is 16.4 Å². The summed E-state index contributed by atoms with van der Waals surface area (Å²) in [5.74, 6) is -0.186. The number of para-hydroxylation sites is 1. The predicted molar refractivity (Wildman–Crippen MR) is 80.3 cm³/mol. The van der Waals surface area contributed by atoms with Crippen molar-refractivity contribution in [2.45, 2.75) is 6.92 Å². The molecule has 96 valence electrons. The average molecular weight is 291 g/mol. The Balaban J connectivity index is 1.87. The maximum Gasteiger partial charge on any atom is 0.272 e. The first-order valence-corrected chi connectivity index (χ1v) is 6.98. The molecule has 3 nitrogen and oxygen atoms in total. The number of amides is 1. The molecule has 0 aliphatic carbocycles. The minimum atomic E-state index is -0.186. The Labute approximate surface area is 119 Å². The van der Waals surface area contributed by atoms with E-state index >= 15 is 0 Å². The van der Waals surface area contributed by atoms with E-state index in [0.717, 1.165) is 10.2 Å². The summed E-state index contributed by atoms with van der Waals surface area (Å²) in [5, 5.41) is 4.38. The third kappa shape index (κ3) is 2.37. The summed E-state index contributed by atoms with van der Waals surface area (Å²) >= 11 is 7.65. The van der Waals surface area contributed by atoms with Crippen molar-refractivity contribution in [1.82, 2.24) is 4.98 Å². The molecule has 0 aliphatic rings. The molecule has 0 spiro atoms. The second kappa shape index (κ2) is 4.72. The van der Waals surface area contributed by atoms with Gasteiger partial charge in [-0.2, -0.15) is 0 Å². The molecule has 1 amide bonds. The molecule has 0 aliphatic heterocycles. The second-order valence-corrected chi connectivity index (χ2v) is 5.92. The Bertz CT molecular complexity index is 728. The van der Waals surface area contributed by atoms with Crippen LogP contribution in [0.3, 0.4) is 0 Å². The third-order valence-corrected chi connectivity index (χ3v) is 4.11. The smallest absolute Gasteiger partial charge is 0.272 e. The van der Waals surface area contributed by atoms with E-state index < -0.39 is 0 Å². The molecule has 0 radical (unpaired) electrons. The van der Waals surface area contributed by atoms with Crippen molar-refractivity contribution in [2.24, 2.45) is 0 Å². The summed E-state index contributed by atoms with van der Waals surface area (Å²) in [6, 6.07) is 11.1. The quantitative estimate of drug-likeness (QED) is 0.720. The number of benzene rings is 1. The number of halogens is 1. The highest BCUT2D eigenvalue weighted by atomic mass is 35.5. The Hall–Kier alpha value is -1.78. The topological polar surface area (TPSA) is 44.9 Å². The van der Waals surface area contributed by atoms with Crippen LogP contribution < -0.4 is 5.32 Å². The number of aromatic amines is 1. The molecule has 3 rings (SSSR count). The van der Waals surface area contributed by atoms with Crippen LogP contribution in [-0.4, -0.2) is 10.9 Å². The Morgan fingerprint density at radius 3 is 2.84 bits per heavy atom. The van der Waals surface area contributed by atoms with Gasteiger partial charge in [0.2, 0.25) is 0 Å². The summed E-state index contributed by atoms with van der Waals surface area (Å²) in [6.07, 6.45) is 0. The minimum Gasteiger partial charge on any atom is -0.342 e. The molecule has 0 fully saturated rings. The number of anilines is 1. The van der Waals surface area contributed by atoms with E-state index in [9.17, 15) is 4.79 Å². The Kier molecular flexibility index (Phi) is 3.05. The fourth-order valence-corrected chi connectivity index (χ4v) is 3.01. The van der Waals surface area contributed by atoms with Crippen molar-refractivity contribution < 1.29 is 4.79 Å². The second-order valence-electron chi connectivity index (χ2n) is 4.26. The number of carbonyl (C=O) groups excluding carboxylic acids is 1. The number of fused-ring (bicyclic) bond motifs is 1.